The van der Waals surface area contributed by atoms with Crippen LogP contribution in [-0.4, -0.2) is 60.7 Å². The van der Waals surface area contributed by atoms with Gasteiger partial charge in [0.2, 0.25) is 0 Å². The van der Waals surface area contributed by atoms with Gasteiger partial charge in [0.05, 0.1) is 13.2 Å². The van der Waals surface area contributed by atoms with Gasteiger partial charge in [-0.1, -0.05) is 6.07 Å². The van der Waals surface area contributed by atoms with Gasteiger partial charge in [-0.15, -0.1) is 0 Å². The third-order valence-electron chi connectivity index (χ3n) is 6.16. The zero-order valence-electron chi connectivity index (χ0n) is 15.1. The van der Waals surface area contributed by atoms with Crippen LogP contribution in [-0.2, 0) is 17.6 Å². The number of amides is 1. The number of benzene rings is 1. The van der Waals surface area contributed by atoms with Gasteiger partial charge in [0.1, 0.15) is 0 Å². The summed E-state index contributed by atoms with van der Waals surface area (Å²) in [5.41, 5.74) is 5.00. The molecular weight excluding hydrogens is 332 g/mol. The average molecular weight is 361 g/mol. The number of nitrogens with one attached hydrogen (secondary N) is 1. The van der Waals surface area contributed by atoms with E-state index in [0.717, 1.165) is 63.4 Å². The number of fused-ring (bicyclic) bond motifs is 1. The minimum absolute atomic E-state index is 0.0942. The molecule has 1 aromatic carbocycles. The van der Waals surface area contributed by atoms with Crippen LogP contribution >= 0.6 is 11.8 Å². The van der Waals surface area contributed by atoms with E-state index in [1.54, 1.807) is 0 Å². The minimum Gasteiger partial charge on any atom is -0.379 e. The highest BCUT2D eigenvalue weighted by Gasteiger charge is 2.41. The Morgan fingerprint density at radius 2 is 2.16 bits per heavy atom. The number of ether oxygens (including phenoxy) is 1. The molecule has 2 heterocycles. The van der Waals surface area contributed by atoms with Gasteiger partial charge in [0.15, 0.2) is 0 Å². The van der Waals surface area contributed by atoms with Crippen molar-refractivity contribution >= 4 is 17.7 Å². The molecule has 0 aromatic heterocycles. The summed E-state index contributed by atoms with van der Waals surface area (Å²) in [6.45, 7) is 6.44. The SMILES string of the molecule is Cc1c(C(=O)NCC2(N3CCOCC3)CCSC2)ccc2c1CCC2. The molecule has 4 nitrogen and oxygen atoms in total. The maximum atomic E-state index is 12.9. The van der Waals surface area contributed by atoms with Gasteiger partial charge in [-0.3, -0.25) is 9.69 Å². The topological polar surface area (TPSA) is 41.6 Å². The fraction of sp³-hybridized carbons (Fsp3) is 0.650. The molecule has 1 atom stereocenters. The first-order chi connectivity index (χ1) is 12.2. The standard InChI is InChI=1S/C20H28N2O2S/c1-15-17-4-2-3-16(17)5-6-18(15)19(23)21-13-20(7-12-25-14-20)22-8-10-24-11-9-22/h5-6H,2-4,7-14H2,1H3,(H,21,23). The second-order valence-corrected chi connectivity index (χ2v) is 8.64. The summed E-state index contributed by atoms with van der Waals surface area (Å²) in [5.74, 6) is 2.39. The van der Waals surface area contributed by atoms with Crippen molar-refractivity contribution < 1.29 is 9.53 Å². The molecule has 1 amide bonds. The average Bonchev–Trinajstić information content (AvgIpc) is 3.31. The first-order valence-corrected chi connectivity index (χ1v) is 10.7. The highest BCUT2D eigenvalue weighted by atomic mass is 32.2. The Bertz CT molecular complexity index is 649. The Morgan fingerprint density at radius 1 is 1.32 bits per heavy atom. The van der Waals surface area contributed by atoms with E-state index >= 15 is 0 Å². The van der Waals surface area contributed by atoms with E-state index in [4.69, 9.17) is 4.74 Å². The number of rotatable bonds is 4. The molecule has 25 heavy (non-hydrogen) atoms. The lowest BCUT2D eigenvalue weighted by Crippen LogP contribution is -2.59. The van der Waals surface area contributed by atoms with E-state index in [1.165, 1.54) is 28.9 Å². The molecule has 0 radical (unpaired) electrons. The first kappa shape index (κ1) is 17.4. The predicted octanol–water partition coefficient (Wildman–Crippen LogP) is 2.42. The summed E-state index contributed by atoms with van der Waals surface area (Å²) in [6.07, 6.45) is 4.66. The summed E-state index contributed by atoms with van der Waals surface area (Å²) < 4.78 is 5.52. The number of hydrogen-bond acceptors (Lipinski definition) is 4. The Labute approximate surface area is 154 Å². The van der Waals surface area contributed by atoms with Crippen LogP contribution in [0.4, 0.5) is 0 Å². The van der Waals surface area contributed by atoms with Crippen molar-refractivity contribution in [3.8, 4) is 0 Å². The van der Waals surface area contributed by atoms with Crippen LogP contribution in [0.5, 0.6) is 0 Å². The summed E-state index contributed by atoms with van der Waals surface area (Å²) in [7, 11) is 0. The lowest BCUT2D eigenvalue weighted by Gasteiger charge is -2.43. The van der Waals surface area contributed by atoms with Gasteiger partial charge in [-0.25, -0.2) is 0 Å². The van der Waals surface area contributed by atoms with Crippen LogP contribution < -0.4 is 5.32 Å². The van der Waals surface area contributed by atoms with Crippen LogP contribution in [0.1, 0.15) is 39.9 Å². The van der Waals surface area contributed by atoms with E-state index in [-0.39, 0.29) is 11.4 Å². The summed E-state index contributed by atoms with van der Waals surface area (Å²) in [5, 5.41) is 3.28. The van der Waals surface area contributed by atoms with Crippen LogP contribution in [0.15, 0.2) is 12.1 Å². The lowest BCUT2D eigenvalue weighted by molar-refractivity contribution is -0.0129. The van der Waals surface area contributed by atoms with Gasteiger partial charge in [0, 0.05) is 36.5 Å². The lowest BCUT2D eigenvalue weighted by atomic mass is 9.94. The van der Waals surface area contributed by atoms with E-state index < -0.39 is 0 Å². The Hall–Kier alpha value is -1.04. The van der Waals surface area contributed by atoms with Crippen LogP contribution in [0.25, 0.3) is 0 Å². The molecule has 2 aliphatic heterocycles. The minimum atomic E-state index is 0.0942. The smallest absolute Gasteiger partial charge is 0.251 e. The van der Waals surface area contributed by atoms with E-state index in [2.05, 4.69) is 23.2 Å². The van der Waals surface area contributed by atoms with Gasteiger partial charge < -0.3 is 10.1 Å². The van der Waals surface area contributed by atoms with Crippen LogP contribution in [0.2, 0.25) is 0 Å². The largest absolute Gasteiger partial charge is 0.379 e. The monoisotopic (exact) mass is 360 g/mol. The molecule has 4 rings (SSSR count). The van der Waals surface area contributed by atoms with Gasteiger partial charge >= 0.3 is 0 Å². The number of aryl methyl sites for hydroxylation is 1. The number of morpholine rings is 1. The van der Waals surface area contributed by atoms with Crippen molar-refractivity contribution in [2.45, 2.75) is 38.1 Å². The van der Waals surface area contributed by atoms with Crippen LogP contribution in [0.3, 0.4) is 0 Å². The number of carbonyl (C=O) groups is 1. The van der Waals surface area contributed by atoms with E-state index in [0.29, 0.717) is 0 Å². The van der Waals surface area contributed by atoms with Crippen molar-refractivity contribution in [1.29, 1.82) is 0 Å². The molecule has 2 saturated heterocycles. The third-order valence-corrected chi connectivity index (χ3v) is 7.39. The number of carbonyl (C=O) groups excluding carboxylic acids is 1. The number of nitrogens with zero attached hydrogens (tertiary/aromatic N) is 1. The normalized spacial score (nSPS) is 26.6. The maximum Gasteiger partial charge on any atom is 0.251 e. The Kier molecular flexibility index (Phi) is 5.07. The maximum absolute atomic E-state index is 12.9. The number of hydrogen-bond donors (Lipinski definition) is 1. The molecule has 1 aliphatic carbocycles. The highest BCUT2D eigenvalue weighted by Crippen LogP contribution is 2.34. The first-order valence-electron chi connectivity index (χ1n) is 9.50. The second-order valence-electron chi connectivity index (χ2n) is 7.54. The van der Waals surface area contributed by atoms with Gasteiger partial charge in [-0.05, 0) is 61.1 Å². The molecule has 3 aliphatic rings. The molecule has 1 unspecified atom stereocenters. The van der Waals surface area contributed by atoms with Crippen molar-refractivity contribution in [3.05, 3.63) is 34.4 Å². The fourth-order valence-electron chi connectivity index (χ4n) is 4.57. The molecule has 0 bridgehead atoms. The van der Waals surface area contributed by atoms with Gasteiger partial charge in [0.25, 0.3) is 5.91 Å². The summed E-state index contributed by atoms with van der Waals surface area (Å²) in [4.78, 5) is 15.4. The molecule has 5 heteroatoms. The molecule has 0 saturated carbocycles. The molecule has 136 valence electrons. The van der Waals surface area contributed by atoms with E-state index in [1.807, 2.05) is 17.8 Å². The highest BCUT2D eigenvalue weighted by molar-refractivity contribution is 7.99. The van der Waals surface area contributed by atoms with Crippen molar-refractivity contribution in [2.24, 2.45) is 0 Å². The Morgan fingerprint density at radius 3 is 2.92 bits per heavy atom. The van der Waals surface area contributed by atoms with Crippen LogP contribution in [0, 0.1) is 6.92 Å². The number of thioether (sulfide) groups is 1. The van der Waals surface area contributed by atoms with Crippen molar-refractivity contribution in [3.63, 3.8) is 0 Å². The Balaban J connectivity index is 1.47. The zero-order valence-corrected chi connectivity index (χ0v) is 15.9. The summed E-state index contributed by atoms with van der Waals surface area (Å²) in [6, 6.07) is 4.19. The predicted molar refractivity (Wildman–Crippen MR) is 103 cm³/mol. The van der Waals surface area contributed by atoms with Crippen molar-refractivity contribution in [2.75, 3.05) is 44.4 Å². The molecular formula is C20H28N2O2S. The summed E-state index contributed by atoms with van der Waals surface area (Å²) >= 11 is 2.01. The zero-order chi connectivity index (χ0) is 17.3. The van der Waals surface area contributed by atoms with E-state index in [9.17, 15) is 4.79 Å². The van der Waals surface area contributed by atoms with Crippen molar-refractivity contribution in [1.82, 2.24) is 10.2 Å². The molecule has 1 N–H and O–H groups in total. The van der Waals surface area contributed by atoms with Gasteiger partial charge in [-0.2, -0.15) is 11.8 Å². The quantitative estimate of drug-likeness (QED) is 0.895. The third kappa shape index (κ3) is 3.34. The second kappa shape index (κ2) is 7.29. The molecule has 0 spiro atoms. The fourth-order valence-corrected chi connectivity index (χ4v) is 6.05. The molecule has 2 fully saturated rings. The molecule has 1 aromatic rings.